The summed E-state index contributed by atoms with van der Waals surface area (Å²) in [5.74, 6) is 3.47. The molecule has 0 unspecified atom stereocenters. The van der Waals surface area contributed by atoms with E-state index in [2.05, 4.69) is 25.8 Å². The smallest absolute Gasteiger partial charge is 0.303 e. The van der Waals surface area contributed by atoms with E-state index >= 15 is 0 Å². The van der Waals surface area contributed by atoms with Gasteiger partial charge < -0.3 is 14.9 Å². The first kappa shape index (κ1) is 19.0. The standard InChI is InChI=1S/C23H32O4/c1-5-23(26)20(27-14(2)24)13-19-17-7-6-15-12-16(25)8-10-21(15,3)18(17)9-11-22(19,23)4/h1,6,16-20,25-26H,7-13H2,2-4H3/t16-,17-,18+,19+,20-,21+,22+,23+/m1/s1. The number of aliphatic hydroxyl groups is 2. The van der Waals surface area contributed by atoms with E-state index in [1.807, 2.05) is 0 Å². The van der Waals surface area contributed by atoms with Gasteiger partial charge in [0.2, 0.25) is 0 Å². The highest BCUT2D eigenvalue weighted by Crippen LogP contribution is 2.67. The maximum absolute atomic E-state index is 11.6. The van der Waals surface area contributed by atoms with E-state index < -0.39 is 17.1 Å². The van der Waals surface area contributed by atoms with Crippen LogP contribution in [0.4, 0.5) is 0 Å². The summed E-state index contributed by atoms with van der Waals surface area (Å²) in [4.78, 5) is 11.6. The fraction of sp³-hybridized carbons (Fsp3) is 0.783. The third-order valence-electron chi connectivity index (χ3n) is 8.80. The summed E-state index contributed by atoms with van der Waals surface area (Å²) >= 11 is 0. The number of hydrogen-bond donors (Lipinski definition) is 2. The van der Waals surface area contributed by atoms with Crippen molar-refractivity contribution in [2.45, 2.75) is 83.5 Å². The van der Waals surface area contributed by atoms with Crippen LogP contribution in [-0.2, 0) is 9.53 Å². The first-order valence-corrected chi connectivity index (χ1v) is 10.4. The van der Waals surface area contributed by atoms with Crippen LogP contribution in [0.1, 0.15) is 65.7 Å². The van der Waals surface area contributed by atoms with Crippen molar-refractivity contribution in [1.82, 2.24) is 0 Å². The molecule has 4 aliphatic rings. The molecular formula is C23H32O4. The van der Waals surface area contributed by atoms with Crippen molar-refractivity contribution in [3.05, 3.63) is 11.6 Å². The molecule has 4 aliphatic carbocycles. The molecule has 148 valence electrons. The van der Waals surface area contributed by atoms with Gasteiger partial charge in [0.15, 0.2) is 5.60 Å². The predicted octanol–water partition coefficient (Wildman–Crippen LogP) is 3.22. The van der Waals surface area contributed by atoms with Crippen molar-refractivity contribution in [3.8, 4) is 12.3 Å². The zero-order valence-corrected chi connectivity index (χ0v) is 16.7. The van der Waals surface area contributed by atoms with Crippen molar-refractivity contribution in [2.24, 2.45) is 28.6 Å². The molecule has 0 aromatic rings. The normalized spacial score (nSPS) is 51.3. The average Bonchev–Trinajstić information content (AvgIpc) is 2.83. The third-order valence-corrected chi connectivity index (χ3v) is 8.80. The van der Waals surface area contributed by atoms with Crippen LogP contribution < -0.4 is 0 Å². The number of carbonyl (C=O) groups excluding carboxylic acids is 1. The van der Waals surface area contributed by atoms with Gasteiger partial charge in [-0.15, -0.1) is 6.42 Å². The fourth-order valence-electron chi connectivity index (χ4n) is 7.23. The van der Waals surface area contributed by atoms with Crippen molar-refractivity contribution in [2.75, 3.05) is 0 Å². The van der Waals surface area contributed by atoms with Gasteiger partial charge in [-0.05, 0) is 68.1 Å². The van der Waals surface area contributed by atoms with Gasteiger partial charge in [0.1, 0.15) is 6.10 Å². The molecule has 2 N–H and O–H groups in total. The lowest BCUT2D eigenvalue weighted by molar-refractivity contribution is -0.162. The van der Waals surface area contributed by atoms with E-state index in [9.17, 15) is 15.0 Å². The zero-order valence-electron chi connectivity index (χ0n) is 16.7. The first-order valence-electron chi connectivity index (χ1n) is 10.4. The second kappa shape index (κ2) is 6.09. The number of carbonyl (C=O) groups is 1. The summed E-state index contributed by atoms with van der Waals surface area (Å²) in [6.07, 6.45) is 13.5. The number of rotatable bonds is 1. The monoisotopic (exact) mass is 372 g/mol. The Kier molecular flexibility index (Phi) is 4.29. The molecular weight excluding hydrogens is 340 g/mol. The Bertz CT molecular complexity index is 720. The van der Waals surface area contributed by atoms with Crippen molar-refractivity contribution >= 4 is 5.97 Å². The highest BCUT2D eigenvalue weighted by Gasteiger charge is 2.68. The van der Waals surface area contributed by atoms with Gasteiger partial charge in [-0.25, -0.2) is 0 Å². The molecule has 4 heteroatoms. The van der Waals surface area contributed by atoms with Gasteiger partial charge in [0.05, 0.1) is 6.10 Å². The maximum Gasteiger partial charge on any atom is 0.303 e. The van der Waals surface area contributed by atoms with Crippen molar-refractivity contribution < 1.29 is 19.7 Å². The van der Waals surface area contributed by atoms with E-state index in [1.54, 1.807) is 0 Å². The Morgan fingerprint density at radius 1 is 1.30 bits per heavy atom. The summed E-state index contributed by atoms with van der Waals surface area (Å²) in [6.45, 7) is 5.85. The van der Waals surface area contributed by atoms with Crippen LogP contribution in [0.15, 0.2) is 11.6 Å². The Balaban J connectivity index is 1.70. The summed E-state index contributed by atoms with van der Waals surface area (Å²) in [5.41, 5.74) is -0.272. The summed E-state index contributed by atoms with van der Waals surface area (Å²) in [5, 5.41) is 21.5. The van der Waals surface area contributed by atoms with Crippen LogP contribution in [0, 0.1) is 40.9 Å². The molecule has 0 amide bonds. The van der Waals surface area contributed by atoms with Crippen LogP contribution >= 0.6 is 0 Å². The molecule has 0 heterocycles. The third kappa shape index (κ3) is 2.47. The molecule has 8 atom stereocenters. The Hall–Kier alpha value is -1.31. The van der Waals surface area contributed by atoms with Gasteiger partial charge in [-0.1, -0.05) is 31.4 Å². The van der Waals surface area contributed by atoms with Crippen LogP contribution in [0.2, 0.25) is 0 Å². The van der Waals surface area contributed by atoms with E-state index in [-0.39, 0.29) is 23.4 Å². The summed E-state index contributed by atoms with van der Waals surface area (Å²) in [7, 11) is 0. The zero-order chi connectivity index (χ0) is 19.6. The van der Waals surface area contributed by atoms with Gasteiger partial charge in [-0.2, -0.15) is 0 Å². The quantitative estimate of drug-likeness (QED) is 0.421. The van der Waals surface area contributed by atoms with Crippen LogP contribution in [0.25, 0.3) is 0 Å². The number of terminal acetylenes is 1. The average molecular weight is 373 g/mol. The molecule has 27 heavy (non-hydrogen) atoms. The summed E-state index contributed by atoms with van der Waals surface area (Å²) < 4.78 is 5.52. The molecule has 3 saturated carbocycles. The van der Waals surface area contributed by atoms with Crippen LogP contribution in [0.3, 0.4) is 0 Å². The lowest BCUT2D eigenvalue weighted by atomic mass is 9.47. The second-order valence-electron chi connectivity index (χ2n) is 9.86. The Morgan fingerprint density at radius 3 is 2.70 bits per heavy atom. The molecule has 0 bridgehead atoms. The molecule has 0 aromatic carbocycles. The molecule has 4 nitrogen and oxygen atoms in total. The van der Waals surface area contributed by atoms with Crippen molar-refractivity contribution in [1.29, 1.82) is 0 Å². The minimum atomic E-state index is -1.40. The van der Waals surface area contributed by atoms with Gasteiger partial charge in [-0.3, -0.25) is 4.79 Å². The minimum Gasteiger partial charge on any atom is -0.458 e. The highest BCUT2D eigenvalue weighted by atomic mass is 16.6. The number of ether oxygens (including phenoxy) is 1. The number of esters is 1. The number of allylic oxidation sites excluding steroid dienone is 1. The van der Waals surface area contributed by atoms with Gasteiger partial charge >= 0.3 is 5.97 Å². The molecule has 0 aromatic heterocycles. The number of aliphatic hydroxyl groups excluding tert-OH is 1. The summed E-state index contributed by atoms with van der Waals surface area (Å²) in [6, 6.07) is 0. The minimum absolute atomic E-state index is 0.136. The predicted molar refractivity (Wildman–Crippen MR) is 102 cm³/mol. The second-order valence-corrected chi connectivity index (χ2v) is 9.86. The van der Waals surface area contributed by atoms with Gasteiger partial charge in [0, 0.05) is 12.3 Å². The lowest BCUT2D eigenvalue weighted by Gasteiger charge is -2.58. The molecule has 4 rings (SSSR count). The Morgan fingerprint density at radius 2 is 2.04 bits per heavy atom. The number of fused-ring (bicyclic) bond motifs is 5. The molecule has 0 radical (unpaired) electrons. The van der Waals surface area contributed by atoms with Gasteiger partial charge in [0.25, 0.3) is 0 Å². The first-order chi connectivity index (χ1) is 12.7. The molecule has 0 saturated heterocycles. The van der Waals surface area contributed by atoms with Crippen LogP contribution in [0.5, 0.6) is 0 Å². The molecule has 0 aliphatic heterocycles. The number of hydrogen-bond acceptors (Lipinski definition) is 4. The lowest BCUT2D eigenvalue weighted by Crippen LogP contribution is -2.56. The SMILES string of the molecule is C#C[C@]1(O)[C@H](OC(C)=O)C[C@H]2[C@@H]3CC=C4C[C@H](O)CC[C@]4(C)[C@H]3CC[C@@]21C. The topological polar surface area (TPSA) is 66.8 Å². The van der Waals surface area contributed by atoms with E-state index in [0.29, 0.717) is 18.3 Å². The highest BCUT2D eigenvalue weighted by molar-refractivity contribution is 5.66. The molecule has 3 fully saturated rings. The van der Waals surface area contributed by atoms with Crippen molar-refractivity contribution in [3.63, 3.8) is 0 Å². The fourth-order valence-corrected chi connectivity index (χ4v) is 7.23. The van der Waals surface area contributed by atoms with E-state index in [0.717, 1.165) is 38.5 Å². The van der Waals surface area contributed by atoms with E-state index in [4.69, 9.17) is 11.2 Å². The Labute approximate surface area is 162 Å². The van der Waals surface area contributed by atoms with E-state index in [1.165, 1.54) is 12.5 Å². The maximum atomic E-state index is 11.6. The largest absolute Gasteiger partial charge is 0.458 e. The van der Waals surface area contributed by atoms with Crippen LogP contribution in [-0.4, -0.2) is 34.0 Å². The molecule has 0 spiro atoms.